The number of carbonyl (C=O) groups is 1. The quantitative estimate of drug-likeness (QED) is 0.665. The molecule has 1 aromatic heterocycles. The van der Waals surface area contributed by atoms with Crippen molar-refractivity contribution in [3.8, 4) is 5.75 Å². The van der Waals surface area contributed by atoms with E-state index in [1.54, 1.807) is 25.3 Å². The Morgan fingerprint density at radius 1 is 1.15 bits per heavy atom. The average Bonchev–Trinajstić information content (AvgIpc) is 2.69. The van der Waals surface area contributed by atoms with Gasteiger partial charge in [-0.25, -0.2) is 9.78 Å². The summed E-state index contributed by atoms with van der Waals surface area (Å²) in [6.45, 7) is 2.51. The number of pyridine rings is 1. The van der Waals surface area contributed by atoms with Gasteiger partial charge in [0.05, 0.1) is 30.3 Å². The third kappa shape index (κ3) is 3.58. The van der Waals surface area contributed by atoms with Gasteiger partial charge in [0.1, 0.15) is 11.6 Å². The van der Waals surface area contributed by atoms with Crippen molar-refractivity contribution in [3.05, 3.63) is 64.2 Å². The minimum absolute atomic E-state index is 0.401. The van der Waals surface area contributed by atoms with Crippen LogP contribution in [0, 0.1) is 6.92 Å². The predicted octanol–water partition coefficient (Wildman–Crippen LogP) is 4.60. The van der Waals surface area contributed by atoms with Gasteiger partial charge in [0.25, 0.3) is 0 Å². The summed E-state index contributed by atoms with van der Waals surface area (Å²) in [7, 11) is 2.99. The zero-order valence-corrected chi connectivity index (χ0v) is 15.6. The van der Waals surface area contributed by atoms with Crippen molar-refractivity contribution in [2.24, 2.45) is 0 Å². The van der Waals surface area contributed by atoms with Crippen molar-refractivity contribution < 1.29 is 14.3 Å². The number of carbonyl (C=O) groups excluding carboxylic acids is 1. The van der Waals surface area contributed by atoms with Crippen molar-refractivity contribution >= 4 is 34.3 Å². The minimum Gasteiger partial charge on any atom is -0.497 e. The lowest BCUT2D eigenvalue weighted by Crippen LogP contribution is -2.05. The highest BCUT2D eigenvalue weighted by atomic mass is 35.5. The van der Waals surface area contributed by atoms with Crippen LogP contribution in [0.5, 0.6) is 5.75 Å². The number of anilines is 1. The van der Waals surface area contributed by atoms with Gasteiger partial charge in [-0.05, 0) is 42.8 Å². The molecule has 3 aromatic rings. The Hall–Kier alpha value is -2.79. The molecule has 0 radical (unpaired) electrons. The third-order valence-corrected chi connectivity index (χ3v) is 4.68. The van der Waals surface area contributed by atoms with E-state index in [-0.39, 0.29) is 0 Å². The maximum atomic E-state index is 11.7. The maximum absolute atomic E-state index is 11.7. The number of methoxy groups -OCH3 is 2. The standard InChI is InChI=1S/C20H19ClN2O3/c1-12-18(21)16-10-14(20(24)26-3)6-9-17(16)23-19(12)22-11-13-4-7-15(25-2)8-5-13/h4-10H,11H2,1-3H3,(H,22,23). The summed E-state index contributed by atoms with van der Waals surface area (Å²) in [5.74, 6) is 1.13. The maximum Gasteiger partial charge on any atom is 0.337 e. The molecular weight excluding hydrogens is 352 g/mol. The van der Waals surface area contributed by atoms with Crippen LogP contribution in [0.3, 0.4) is 0 Å². The van der Waals surface area contributed by atoms with Crippen molar-refractivity contribution in [3.63, 3.8) is 0 Å². The number of aromatic nitrogens is 1. The molecule has 2 aromatic carbocycles. The summed E-state index contributed by atoms with van der Waals surface area (Å²) in [6.07, 6.45) is 0. The Bertz CT molecular complexity index is 955. The zero-order valence-electron chi connectivity index (χ0n) is 14.8. The highest BCUT2D eigenvalue weighted by Gasteiger charge is 2.13. The van der Waals surface area contributed by atoms with Crippen molar-refractivity contribution in [1.82, 2.24) is 4.98 Å². The van der Waals surface area contributed by atoms with E-state index in [1.165, 1.54) is 7.11 Å². The Kier molecular flexibility index (Phi) is 5.28. The molecule has 0 saturated carbocycles. The van der Waals surface area contributed by atoms with Gasteiger partial charge >= 0.3 is 5.97 Å². The Morgan fingerprint density at radius 2 is 1.88 bits per heavy atom. The summed E-state index contributed by atoms with van der Waals surface area (Å²) in [5.41, 5.74) is 3.09. The molecule has 0 unspecified atom stereocenters. The van der Waals surface area contributed by atoms with E-state index < -0.39 is 5.97 Å². The van der Waals surface area contributed by atoms with Crippen molar-refractivity contribution in [2.75, 3.05) is 19.5 Å². The number of esters is 1. The fourth-order valence-electron chi connectivity index (χ4n) is 2.67. The zero-order chi connectivity index (χ0) is 18.7. The highest BCUT2D eigenvalue weighted by molar-refractivity contribution is 6.36. The van der Waals surface area contributed by atoms with E-state index in [9.17, 15) is 4.79 Å². The van der Waals surface area contributed by atoms with Crippen LogP contribution < -0.4 is 10.1 Å². The molecule has 1 heterocycles. The molecule has 0 bridgehead atoms. The summed E-state index contributed by atoms with van der Waals surface area (Å²) in [6, 6.07) is 13.0. The monoisotopic (exact) mass is 370 g/mol. The number of hydrogen-bond donors (Lipinski definition) is 1. The van der Waals surface area contributed by atoms with Gasteiger partial charge in [-0.3, -0.25) is 0 Å². The second-order valence-corrected chi connectivity index (χ2v) is 6.20. The van der Waals surface area contributed by atoms with Crippen LogP contribution in [-0.2, 0) is 11.3 Å². The fraction of sp³-hybridized carbons (Fsp3) is 0.200. The first-order chi connectivity index (χ1) is 12.5. The smallest absolute Gasteiger partial charge is 0.337 e. The van der Waals surface area contributed by atoms with E-state index in [0.29, 0.717) is 28.5 Å². The van der Waals surface area contributed by atoms with Gasteiger partial charge in [-0.2, -0.15) is 0 Å². The largest absolute Gasteiger partial charge is 0.497 e. The minimum atomic E-state index is -0.401. The number of rotatable bonds is 5. The van der Waals surface area contributed by atoms with Crippen LogP contribution in [-0.4, -0.2) is 25.2 Å². The van der Waals surface area contributed by atoms with E-state index >= 15 is 0 Å². The first-order valence-electron chi connectivity index (χ1n) is 8.08. The molecule has 0 fully saturated rings. The molecule has 0 aliphatic rings. The molecule has 5 nitrogen and oxygen atoms in total. The summed E-state index contributed by atoms with van der Waals surface area (Å²) in [4.78, 5) is 16.4. The molecule has 0 aliphatic heterocycles. The van der Waals surface area contributed by atoms with Crippen molar-refractivity contribution in [2.45, 2.75) is 13.5 Å². The van der Waals surface area contributed by atoms with Gasteiger partial charge in [0.2, 0.25) is 0 Å². The van der Waals surface area contributed by atoms with E-state index in [2.05, 4.69) is 10.3 Å². The van der Waals surface area contributed by atoms with Gasteiger partial charge in [0.15, 0.2) is 0 Å². The molecule has 3 rings (SSSR count). The molecule has 26 heavy (non-hydrogen) atoms. The molecule has 0 saturated heterocycles. The van der Waals surface area contributed by atoms with Gasteiger partial charge in [-0.1, -0.05) is 23.7 Å². The van der Waals surface area contributed by atoms with Crippen molar-refractivity contribution in [1.29, 1.82) is 0 Å². The summed E-state index contributed by atoms with van der Waals surface area (Å²) < 4.78 is 9.93. The van der Waals surface area contributed by atoms with Crippen LogP contribution in [0.1, 0.15) is 21.5 Å². The van der Waals surface area contributed by atoms with Crippen LogP contribution in [0.15, 0.2) is 42.5 Å². The van der Waals surface area contributed by atoms with Crippen LogP contribution >= 0.6 is 11.6 Å². The van der Waals surface area contributed by atoms with Crippen LogP contribution in [0.2, 0.25) is 5.02 Å². The van der Waals surface area contributed by atoms with E-state index in [0.717, 1.165) is 22.3 Å². The second-order valence-electron chi connectivity index (χ2n) is 5.82. The molecule has 0 atom stereocenters. The SMILES string of the molecule is COC(=O)c1ccc2nc(NCc3ccc(OC)cc3)c(C)c(Cl)c2c1. The Morgan fingerprint density at radius 3 is 2.54 bits per heavy atom. The van der Waals surface area contributed by atoms with Gasteiger partial charge in [-0.15, -0.1) is 0 Å². The number of ether oxygens (including phenoxy) is 2. The number of nitrogens with one attached hydrogen (secondary N) is 1. The first kappa shape index (κ1) is 18.0. The Balaban J connectivity index is 1.88. The Labute approximate surface area is 156 Å². The molecule has 0 spiro atoms. The third-order valence-electron chi connectivity index (χ3n) is 4.19. The number of hydrogen-bond acceptors (Lipinski definition) is 5. The van der Waals surface area contributed by atoms with Crippen LogP contribution in [0.4, 0.5) is 5.82 Å². The van der Waals surface area contributed by atoms with Gasteiger partial charge < -0.3 is 14.8 Å². The normalized spacial score (nSPS) is 10.6. The van der Waals surface area contributed by atoms with E-state index in [1.807, 2.05) is 31.2 Å². The molecule has 0 amide bonds. The molecule has 1 N–H and O–H groups in total. The van der Waals surface area contributed by atoms with Gasteiger partial charge in [0, 0.05) is 17.5 Å². The fourth-order valence-corrected chi connectivity index (χ4v) is 2.91. The lowest BCUT2D eigenvalue weighted by Gasteiger charge is -2.13. The molecular formula is C20H19ClN2O3. The summed E-state index contributed by atoms with van der Waals surface area (Å²) >= 11 is 6.52. The summed E-state index contributed by atoms with van der Waals surface area (Å²) in [5, 5.41) is 4.61. The predicted molar refractivity (Wildman–Crippen MR) is 103 cm³/mol. The second kappa shape index (κ2) is 7.62. The molecule has 134 valence electrons. The topological polar surface area (TPSA) is 60.5 Å². The lowest BCUT2D eigenvalue weighted by atomic mass is 10.1. The number of fused-ring (bicyclic) bond motifs is 1. The lowest BCUT2D eigenvalue weighted by molar-refractivity contribution is 0.0601. The molecule has 0 aliphatic carbocycles. The van der Waals surface area contributed by atoms with Crippen LogP contribution in [0.25, 0.3) is 10.9 Å². The number of benzene rings is 2. The highest BCUT2D eigenvalue weighted by Crippen LogP contribution is 2.31. The van der Waals surface area contributed by atoms with E-state index in [4.69, 9.17) is 21.1 Å². The number of halogens is 1. The number of nitrogens with zero attached hydrogens (tertiary/aromatic N) is 1. The first-order valence-corrected chi connectivity index (χ1v) is 8.46. The molecule has 6 heteroatoms. The average molecular weight is 371 g/mol.